The molecule has 5 heteroatoms. The zero-order chi connectivity index (χ0) is 13.8. The highest BCUT2D eigenvalue weighted by Gasteiger charge is 2.25. The quantitative estimate of drug-likeness (QED) is 0.923. The highest BCUT2D eigenvalue weighted by molar-refractivity contribution is 6.31. The minimum atomic E-state index is 0.115. The summed E-state index contributed by atoms with van der Waals surface area (Å²) in [6, 6.07) is 3.69. The van der Waals surface area contributed by atoms with Crippen molar-refractivity contribution in [1.29, 1.82) is 0 Å². The van der Waals surface area contributed by atoms with E-state index in [9.17, 15) is 4.79 Å². The standard InChI is InChI=1S/C14H20ClN3O/c1-3-16-13-7-6-11(15)12(17-13)9-18-8-4-5-10(2)14(18)19/h6-7,10H,3-5,8-9H2,1-2H3,(H,16,17). The number of piperidine rings is 1. The van der Waals surface area contributed by atoms with Crippen molar-refractivity contribution < 1.29 is 4.79 Å². The van der Waals surface area contributed by atoms with Crippen LogP contribution in [0.5, 0.6) is 0 Å². The van der Waals surface area contributed by atoms with Gasteiger partial charge in [-0.2, -0.15) is 0 Å². The summed E-state index contributed by atoms with van der Waals surface area (Å²) in [5.74, 6) is 1.13. The fourth-order valence-electron chi connectivity index (χ4n) is 2.35. The van der Waals surface area contributed by atoms with E-state index in [-0.39, 0.29) is 11.8 Å². The van der Waals surface area contributed by atoms with Crippen LogP contribution in [0.25, 0.3) is 0 Å². The molecule has 2 rings (SSSR count). The summed E-state index contributed by atoms with van der Waals surface area (Å²) < 4.78 is 0. The Morgan fingerprint density at radius 2 is 2.32 bits per heavy atom. The van der Waals surface area contributed by atoms with Gasteiger partial charge < -0.3 is 10.2 Å². The van der Waals surface area contributed by atoms with Gasteiger partial charge in [-0.1, -0.05) is 18.5 Å². The first-order chi connectivity index (χ1) is 9.11. The summed E-state index contributed by atoms with van der Waals surface area (Å²) in [6.45, 7) is 6.12. The van der Waals surface area contributed by atoms with E-state index in [4.69, 9.17) is 11.6 Å². The molecular weight excluding hydrogens is 262 g/mol. The lowest BCUT2D eigenvalue weighted by Gasteiger charge is -2.30. The number of anilines is 1. The summed E-state index contributed by atoms with van der Waals surface area (Å²) in [5.41, 5.74) is 0.766. The molecule has 1 amide bonds. The Bertz CT molecular complexity index is 464. The molecule has 19 heavy (non-hydrogen) atoms. The van der Waals surface area contributed by atoms with Gasteiger partial charge in [-0.25, -0.2) is 4.98 Å². The second-order valence-corrected chi connectivity index (χ2v) is 5.37. The van der Waals surface area contributed by atoms with E-state index in [1.807, 2.05) is 30.9 Å². The molecule has 104 valence electrons. The number of hydrogen-bond acceptors (Lipinski definition) is 3. The van der Waals surface area contributed by atoms with Gasteiger partial charge in [-0.15, -0.1) is 0 Å². The molecule has 1 N–H and O–H groups in total. The number of nitrogens with zero attached hydrogens (tertiary/aromatic N) is 2. The first-order valence-electron chi connectivity index (χ1n) is 6.80. The van der Waals surface area contributed by atoms with Crippen LogP contribution >= 0.6 is 11.6 Å². The predicted molar refractivity (Wildman–Crippen MR) is 77.2 cm³/mol. The third-order valence-corrected chi connectivity index (χ3v) is 3.76. The maximum Gasteiger partial charge on any atom is 0.225 e. The van der Waals surface area contributed by atoms with Crippen LogP contribution in [0, 0.1) is 5.92 Å². The van der Waals surface area contributed by atoms with Gasteiger partial charge in [-0.05, 0) is 31.9 Å². The Balaban J connectivity index is 2.13. The second-order valence-electron chi connectivity index (χ2n) is 4.96. The van der Waals surface area contributed by atoms with Crippen LogP contribution in [-0.2, 0) is 11.3 Å². The van der Waals surface area contributed by atoms with E-state index in [2.05, 4.69) is 10.3 Å². The summed E-state index contributed by atoms with van der Waals surface area (Å²) in [5, 5.41) is 3.78. The normalized spacial score (nSPS) is 19.6. The molecule has 0 bridgehead atoms. The third-order valence-electron chi connectivity index (χ3n) is 3.42. The van der Waals surface area contributed by atoms with Gasteiger partial charge >= 0.3 is 0 Å². The smallest absolute Gasteiger partial charge is 0.225 e. The van der Waals surface area contributed by atoms with Crippen LogP contribution in [0.15, 0.2) is 12.1 Å². The number of nitrogens with one attached hydrogen (secondary N) is 1. The first kappa shape index (κ1) is 14.1. The Kier molecular flexibility index (Phi) is 4.64. The van der Waals surface area contributed by atoms with Crippen molar-refractivity contribution in [3.8, 4) is 0 Å². The molecular formula is C14H20ClN3O. The molecule has 2 heterocycles. The Labute approximate surface area is 119 Å². The van der Waals surface area contributed by atoms with Gasteiger partial charge in [0.1, 0.15) is 5.82 Å². The van der Waals surface area contributed by atoms with E-state index < -0.39 is 0 Å². The van der Waals surface area contributed by atoms with E-state index in [0.717, 1.165) is 37.4 Å². The van der Waals surface area contributed by atoms with E-state index >= 15 is 0 Å². The van der Waals surface area contributed by atoms with Crippen molar-refractivity contribution in [2.24, 2.45) is 5.92 Å². The summed E-state index contributed by atoms with van der Waals surface area (Å²) in [4.78, 5) is 18.4. The first-order valence-corrected chi connectivity index (χ1v) is 7.17. The van der Waals surface area contributed by atoms with Crippen LogP contribution in [0.2, 0.25) is 5.02 Å². The molecule has 0 spiro atoms. The molecule has 4 nitrogen and oxygen atoms in total. The topological polar surface area (TPSA) is 45.2 Å². The van der Waals surface area contributed by atoms with E-state index in [0.29, 0.717) is 11.6 Å². The van der Waals surface area contributed by atoms with Crippen molar-refractivity contribution >= 4 is 23.3 Å². The molecule has 1 aliphatic rings. The van der Waals surface area contributed by atoms with Gasteiger partial charge in [0.15, 0.2) is 0 Å². The fourth-order valence-corrected chi connectivity index (χ4v) is 2.51. The largest absolute Gasteiger partial charge is 0.370 e. The number of carbonyl (C=O) groups is 1. The number of rotatable bonds is 4. The number of halogens is 1. The molecule has 0 radical (unpaired) electrons. The highest BCUT2D eigenvalue weighted by Crippen LogP contribution is 2.23. The fraction of sp³-hybridized carbons (Fsp3) is 0.571. The van der Waals surface area contributed by atoms with Crippen molar-refractivity contribution in [2.45, 2.75) is 33.2 Å². The molecule has 0 saturated carbocycles. The minimum Gasteiger partial charge on any atom is -0.370 e. The number of likely N-dealkylation sites (tertiary alicyclic amines) is 1. The Morgan fingerprint density at radius 3 is 3.05 bits per heavy atom. The van der Waals surface area contributed by atoms with Crippen LogP contribution in [0.1, 0.15) is 32.4 Å². The van der Waals surface area contributed by atoms with Gasteiger partial charge in [0.05, 0.1) is 17.3 Å². The summed E-state index contributed by atoms with van der Waals surface area (Å²) in [7, 11) is 0. The van der Waals surface area contributed by atoms with E-state index in [1.165, 1.54) is 0 Å². The van der Waals surface area contributed by atoms with Crippen molar-refractivity contribution in [1.82, 2.24) is 9.88 Å². The lowest BCUT2D eigenvalue weighted by atomic mass is 9.99. The third kappa shape index (κ3) is 3.38. The predicted octanol–water partition coefficient (Wildman–Crippen LogP) is 2.93. The number of amides is 1. The minimum absolute atomic E-state index is 0.115. The Hall–Kier alpha value is -1.29. The number of pyridine rings is 1. The SMILES string of the molecule is CCNc1ccc(Cl)c(CN2CCCC(C)C2=O)n1. The monoisotopic (exact) mass is 281 g/mol. The zero-order valence-corrected chi connectivity index (χ0v) is 12.2. The van der Waals surface area contributed by atoms with Crippen LogP contribution < -0.4 is 5.32 Å². The highest BCUT2D eigenvalue weighted by atomic mass is 35.5. The maximum atomic E-state index is 12.1. The van der Waals surface area contributed by atoms with Gasteiger partial charge in [0.2, 0.25) is 5.91 Å². The molecule has 1 aromatic heterocycles. The lowest BCUT2D eigenvalue weighted by Crippen LogP contribution is -2.39. The molecule has 1 aliphatic heterocycles. The van der Waals surface area contributed by atoms with Crippen molar-refractivity contribution in [3.63, 3.8) is 0 Å². The lowest BCUT2D eigenvalue weighted by molar-refractivity contribution is -0.138. The van der Waals surface area contributed by atoms with Gasteiger partial charge in [-0.3, -0.25) is 4.79 Å². The molecule has 1 fully saturated rings. The average molecular weight is 282 g/mol. The number of carbonyl (C=O) groups excluding carboxylic acids is 1. The average Bonchev–Trinajstić information content (AvgIpc) is 2.39. The van der Waals surface area contributed by atoms with Crippen LogP contribution in [0.4, 0.5) is 5.82 Å². The zero-order valence-electron chi connectivity index (χ0n) is 11.4. The van der Waals surface area contributed by atoms with Crippen molar-refractivity contribution in [2.75, 3.05) is 18.4 Å². The molecule has 0 aliphatic carbocycles. The van der Waals surface area contributed by atoms with Gasteiger partial charge in [0, 0.05) is 19.0 Å². The number of aromatic nitrogens is 1. The summed E-state index contributed by atoms with van der Waals surface area (Å²) >= 11 is 6.17. The molecule has 1 saturated heterocycles. The molecule has 1 atom stereocenters. The molecule has 1 aromatic rings. The Morgan fingerprint density at radius 1 is 1.53 bits per heavy atom. The van der Waals surface area contributed by atoms with Crippen LogP contribution in [0.3, 0.4) is 0 Å². The second kappa shape index (κ2) is 6.24. The number of hydrogen-bond donors (Lipinski definition) is 1. The van der Waals surface area contributed by atoms with Gasteiger partial charge in [0.25, 0.3) is 0 Å². The molecule has 1 unspecified atom stereocenters. The maximum absolute atomic E-state index is 12.1. The van der Waals surface area contributed by atoms with Crippen LogP contribution in [-0.4, -0.2) is 28.9 Å². The van der Waals surface area contributed by atoms with E-state index in [1.54, 1.807) is 0 Å². The molecule has 0 aromatic carbocycles. The summed E-state index contributed by atoms with van der Waals surface area (Å²) in [6.07, 6.45) is 2.03. The van der Waals surface area contributed by atoms with Crippen molar-refractivity contribution in [3.05, 3.63) is 22.8 Å².